The van der Waals surface area contributed by atoms with Gasteiger partial charge in [0.15, 0.2) is 9.84 Å². The highest BCUT2D eigenvalue weighted by Crippen LogP contribution is 2.18. The van der Waals surface area contributed by atoms with E-state index in [0.717, 1.165) is 22.2 Å². The molecule has 1 aromatic heterocycles. The standard InChI is InChI=1S/C14H13BN2O2S/c1-20(18,19)12-5-3-11(4-6-12)17-9-16-13-7-2-10(15)8-14(13)17/h2-9H,15H2,1H3. The van der Waals surface area contributed by atoms with Crippen LogP contribution in [-0.4, -0.2) is 32.1 Å². The first-order valence-corrected chi connectivity index (χ1v) is 8.08. The largest absolute Gasteiger partial charge is 0.299 e. The summed E-state index contributed by atoms with van der Waals surface area (Å²) in [4.78, 5) is 4.67. The van der Waals surface area contributed by atoms with Crippen LogP contribution in [-0.2, 0) is 9.84 Å². The molecule has 0 unspecified atom stereocenters. The van der Waals surface area contributed by atoms with Gasteiger partial charge >= 0.3 is 0 Å². The van der Waals surface area contributed by atoms with E-state index in [2.05, 4.69) is 11.1 Å². The summed E-state index contributed by atoms with van der Waals surface area (Å²) in [5.74, 6) is 0. The van der Waals surface area contributed by atoms with E-state index in [-0.39, 0.29) is 0 Å². The predicted molar refractivity (Wildman–Crippen MR) is 82.4 cm³/mol. The van der Waals surface area contributed by atoms with E-state index in [9.17, 15) is 8.42 Å². The Morgan fingerprint density at radius 3 is 2.45 bits per heavy atom. The Morgan fingerprint density at radius 1 is 1.10 bits per heavy atom. The van der Waals surface area contributed by atoms with E-state index in [0.29, 0.717) is 4.90 Å². The van der Waals surface area contributed by atoms with Crippen molar-refractivity contribution >= 4 is 34.2 Å². The predicted octanol–water partition coefficient (Wildman–Crippen LogP) is 0.687. The summed E-state index contributed by atoms with van der Waals surface area (Å²) < 4.78 is 24.9. The van der Waals surface area contributed by atoms with Gasteiger partial charge in [0, 0.05) is 11.9 Å². The molecular formula is C14H13BN2O2S. The molecule has 0 amide bonds. The Kier molecular flexibility index (Phi) is 2.90. The molecule has 1 heterocycles. The Bertz CT molecular complexity index is 883. The Morgan fingerprint density at radius 2 is 1.80 bits per heavy atom. The van der Waals surface area contributed by atoms with E-state index >= 15 is 0 Å². The highest BCUT2D eigenvalue weighted by molar-refractivity contribution is 7.90. The number of aromatic nitrogens is 2. The molecule has 0 spiro atoms. The van der Waals surface area contributed by atoms with Gasteiger partial charge in [0.1, 0.15) is 14.2 Å². The summed E-state index contributed by atoms with van der Waals surface area (Å²) in [5.41, 5.74) is 3.98. The van der Waals surface area contributed by atoms with Crippen molar-refractivity contribution in [1.29, 1.82) is 0 Å². The van der Waals surface area contributed by atoms with Gasteiger partial charge in [0.25, 0.3) is 0 Å². The van der Waals surface area contributed by atoms with E-state index in [4.69, 9.17) is 0 Å². The average Bonchev–Trinajstić information content (AvgIpc) is 2.81. The average molecular weight is 284 g/mol. The van der Waals surface area contributed by atoms with Crippen LogP contribution in [0.2, 0.25) is 0 Å². The second kappa shape index (κ2) is 4.49. The van der Waals surface area contributed by atoms with Crippen molar-refractivity contribution in [2.24, 2.45) is 0 Å². The topological polar surface area (TPSA) is 52.0 Å². The van der Waals surface area contributed by atoms with Gasteiger partial charge in [-0.1, -0.05) is 11.5 Å². The van der Waals surface area contributed by atoms with E-state index in [1.165, 1.54) is 6.26 Å². The highest BCUT2D eigenvalue weighted by Gasteiger charge is 2.08. The van der Waals surface area contributed by atoms with Crippen molar-refractivity contribution < 1.29 is 8.42 Å². The van der Waals surface area contributed by atoms with Gasteiger partial charge in [0.2, 0.25) is 0 Å². The van der Waals surface area contributed by atoms with Crippen LogP contribution >= 0.6 is 0 Å². The van der Waals surface area contributed by atoms with Crippen LogP contribution in [0.1, 0.15) is 0 Å². The van der Waals surface area contributed by atoms with Gasteiger partial charge in [-0.25, -0.2) is 13.4 Å². The zero-order valence-corrected chi connectivity index (χ0v) is 12.1. The summed E-state index contributed by atoms with van der Waals surface area (Å²) in [6.45, 7) is 0. The van der Waals surface area contributed by atoms with Crippen molar-refractivity contribution in [1.82, 2.24) is 9.55 Å². The van der Waals surface area contributed by atoms with Crippen LogP contribution in [0.25, 0.3) is 16.7 Å². The van der Waals surface area contributed by atoms with E-state index < -0.39 is 9.84 Å². The highest BCUT2D eigenvalue weighted by atomic mass is 32.2. The summed E-state index contributed by atoms with van der Waals surface area (Å²) in [6, 6.07) is 12.9. The molecule has 0 aliphatic heterocycles. The lowest BCUT2D eigenvalue weighted by atomic mass is 9.96. The maximum absolute atomic E-state index is 11.5. The molecule has 0 bridgehead atoms. The number of nitrogens with zero attached hydrogens (tertiary/aromatic N) is 2. The fourth-order valence-corrected chi connectivity index (χ4v) is 2.81. The zero-order valence-electron chi connectivity index (χ0n) is 11.2. The number of hydrogen-bond donors (Lipinski definition) is 0. The molecule has 0 fully saturated rings. The fraction of sp³-hybridized carbons (Fsp3) is 0.0714. The third-order valence-corrected chi connectivity index (χ3v) is 4.37. The van der Waals surface area contributed by atoms with Crippen molar-refractivity contribution in [3.05, 3.63) is 48.8 Å². The van der Waals surface area contributed by atoms with Crippen LogP contribution in [0.3, 0.4) is 0 Å². The van der Waals surface area contributed by atoms with Gasteiger partial charge in [0.05, 0.1) is 15.9 Å². The number of hydrogen-bond acceptors (Lipinski definition) is 3. The van der Waals surface area contributed by atoms with Crippen molar-refractivity contribution in [2.45, 2.75) is 4.90 Å². The molecule has 4 nitrogen and oxygen atoms in total. The summed E-state index contributed by atoms with van der Waals surface area (Å²) in [6.07, 6.45) is 2.96. The molecule has 0 saturated heterocycles. The Balaban J connectivity index is 2.14. The van der Waals surface area contributed by atoms with Crippen LogP contribution in [0.4, 0.5) is 0 Å². The van der Waals surface area contributed by atoms with Gasteiger partial charge < -0.3 is 0 Å². The minimum Gasteiger partial charge on any atom is -0.299 e. The van der Waals surface area contributed by atoms with Crippen LogP contribution in [0, 0.1) is 0 Å². The van der Waals surface area contributed by atoms with E-state index in [1.54, 1.807) is 30.6 Å². The van der Waals surface area contributed by atoms with Crippen molar-refractivity contribution in [3.63, 3.8) is 0 Å². The van der Waals surface area contributed by atoms with Crippen LogP contribution in [0.5, 0.6) is 0 Å². The molecule has 0 aliphatic rings. The molecule has 0 radical (unpaired) electrons. The summed E-state index contributed by atoms with van der Waals surface area (Å²) >= 11 is 0. The van der Waals surface area contributed by atoms with Crippen LogP contribution in [0.15, 0.2) is 53.7 Å². The van der Waals surface area contributed by atoms with E-state index in [1.807, 2.05) is 24.5 Å². The van der Waals surface area contributed by atoms with Gasteiger partial charge in [-0.3, -0.25) is 4.57 Å². The first-order chi connectivity index (χ1) is 9.45. The molecule has 0 atom stereocenters. The lowest BCUT2D eigenvalue weighted by Crippen LogP contribution is -2.02. The molecule has 0 N–H and O–H groups in total. The minimum absolute atomic E-state index is 0.321. The molecule has 20 heavy (non-hydrogen) atoms. The molecule has 6 heteroatoms. The lowest BCUT2D eigenvalue weighted by Gasteiger charge is -2.06. The molecule has 0 aliphatic carbocycles. The maximum Gasteiger partial charge on any atom is 0.175 e. The second-order valence-corrected chi connectivity index (χ2v) is 6.89. The Hall–Kier alpha value is -2.08. The number of rotatable bonds is 2. The van der Waals surface area contributed by atoms with Crippen molar-refractivity contribution in [2.75, 3.05) is 6.26 Å². The second-order valence-electron chi connectivity index (χ2n) is 4.87. The third-order valence-electron chi connectivity index (χ3n) is 3.25. The van der Waals surface area contributed by atoms with Gasteiger partial charge in [-0.15, -0.1) is 0 Å². The molecule has 100 valence electrons. The molecule has 3 aromatic rings. The molecule has 2 aromatic carbocycles. The first kappa shape index (κ1) is 12.9. The van der Waals surface area contributed by atoms with Crippen molar-refractivity contribution in [3.8, 4) is 5.69 Å². The maximum atomic E-state index is 11.5. The quantitative estimate of drug-likeness (QED) is 0.650. The van der Waals surface area contributed by atoms with Gasteiger partial charge in [-0.05, 0) is 36.4 Å². The molecule has 0 saturated carbocycles. The number of benzene rings is 2. The van der Waals surface area contributed by atoms with Gasteiger partial charge in [-0.2, -0.15) is 0 Å². The zero-order chi connectivity index (χ0) is 14.3. The Labute approximate surface area is 118 Å². The molecular weight excluding hydrogens is 271 g/mol. The fourth-order valence-electron chi connectivity index (χ4n) is 2.18. The van der Waals surface area contributed by atoms with Crippen LogP contribution < -0.4 is 5.46 Å². The monoisotopic (exact) mass is 284 g/mol. The SMILES string of the molecule is Bc1ccc2ncn(-c3ccc(S(C)(=O)=O)cc3)c2c1. The lowest BCUT2D eigenvalue weighted by molar-refractivity contribution is 0.602. The number of fused-ring (bicyclic) bond motifs is 1. The summed E-state index contributed by atoms with van der Waals surface area (Å²) in [5, 5.41) is 0. The number of imidazole rings is 1. The normalized spacial score (nSPS) is 11.8. The smallest absolute Gasteiger partial charge is 0.175 e. The number of sulfone groups is 1. The third kappa shape index (κ3) is 2.23. The summed E-state index contributed by atoms with van der Waals surface area (Å²) in [7, 11) is -1.13. The minimum atomic E-state index is -3.16. The molecule has 3 rings (SSSR count). The first-order valence-electron chi connectivity index (χ1n) is 6.19.